The van der Waals surface area contributed by atoms with Gasteiger partial charge in [0.05, 0.1) is 0 Å². The van der Waals surface area contributed by atoms with Crippen LogP contribution >= 0.6 is 23.1 Å². The van der Waals surface area contributed by atoms with Crippen LogP contribution in [0.25, 0.3) is 22.2 Å². The van der Waals surface area contributed by atoms with E-state index >= 15 is 0 Å². The van der Waals surface area contributed by atoms with Gasteiger partial charge in [0.25, 0.3) is 0 Å². The fraction of sp³-hybridized carbons (Fsp3) is 0.250. The van der Waals surface area contributed by atoms with Gasteiger partial charge in [-0.25, -0.2) is 0 Å². The number of aromatic nitrogens is 3. The van der Waals surface area contributed by atoms with Crippen molar-refractivity contribution in [3.63, 3.8) is 0 Å². The maximum atomic E-state index is 4.61. The lowest BCUT2D eigenvalue weighted by atomic mass is 9.95. The lowest BCUT2D eigenvalue weighted by molar-refractivity contribution is 0.694. The third-order valence-electron chi connectivity index (χ3n) is 5.57. The predicted octanol–water partition coefficient (Wildman–Crippen LogP) is 6.52. The minimum absolute atomic E-state index is 0.727. The summed E-state index contributed by atoms with van der Waals surface area (Å²) in [4.78, 5) is 1.53. The van der Waals surface area contributed by atoms with Gasteiger partial charge in [-0.1, -0.05) is 60.3 Å². The third-order valence-corrected chi connectivity index (χ3v) is 7.67. The third kappa shape index (κ3) is 3.53. The van der Waals surface area contributed by atoms with E-state index in [2.05, 4.69) is 69.2 Å². The zero-order valence-corrected chi connectivity index (χ0v) is 17.9. The lowest BCUT2D eigenvalue weighted by Crippen LogP contribution is -2.04. The standard InChI is InChI=1S/C24H23N3S2/c1-2-14-27-23(21-16-28-22-13-6-5-12-20(21)22)25-26-24(27)29-15-18-10-7-9-17-8-3-4-11-19(17)18/h2-4,7-11,16H,1,5-6,12-15H2. The molecule has 2 aromatic carbocycles. The number of hydrogen-bond acceptors (Lipinski definition) is 4. The molecule has 0 atom stereocenters. The molecule has 4 aromatic rings. The molecule has 146 valence electrons. The number of benzene rings is 2. The van der Waals surface area contributed by atoms with Crippen LogP contribution < -0.4 is 0 Å². The van der Waals surface area contributed by atoms with Gasteiger partial charge in [0.2, 0.25) is 0 Å². The fourth-order valence-corrected chi connectivity index (χ4v) is 6.21. The second kappa shape index (κ2) is 8.17. The molecule has 0 N–H and O–H groups in total. The smallest absolute Gasteiger partial charge is 0.192 e. The maximum Gasteiger partial charge on any atom is 0.192 e. The summed E-state index contributed by atoms with van der Waals surface area (Å²) in [6.07, 6.45) is 6.88. The van der Waals surface area contributed by atoms with Crippen LogP contribution in [0, 0.1) is 0 Å². The topological polar surface area (TPSA) is 30.7 Å². The van der Waals surface area contributed by atoms with E-state index in [1.165, 1.54) is 51.6 Å². The Morgan fingerprint density at radius 2 is 1.93 bits per heavy atom. The zero-order chi connectivity index (χ0) is 19.6. The number of rotatable bonds is 6. The first-order valence-electron chi connectivity index (χ1n) is 10.1. The van der Waals surface area contributed by atoms with E-state index in [-0.39, 0.29) is 0 Å². The van der Waals surface area contributed by atoms with E-state index in [1.807, 2.05) is 17.4 Å². The number of fused-ring (bicyclic) bond motifs is 2. The molecular formula is C24H23N3S2. The van der Waals surface area contributed by atoms with Crippen molar-refractivity contribution in [2.45, 2.75) is 43.1 Å². The number of thiophene rings is 1. The molecule has 2 aromatic heterocycles. The monoisotopic (exact) mass is 417 g/mol. The molecule has 1 aliphatic carbocycles. The lowest BCUT2D eigenvalue weighted by Gasteiger charge is -2.13. The Kier molecular flexibility index (Phi) is 5.25. The summed E-state index contributed by atoms with van der Waals surface area (Å²) in [5.74, 6) is 1.86. The highest BCUT2D eigenvalue weighted by atomic mass is 32.2. The molecule has 0 saturated heterocycles. The molecule has 2 heterocycles. The van der Waals surface area contributed by atoms with E-state index in [0.29, 0.717) is 0 Å². The van der Waals surface area contributed by atoms with E-state index in [0.717, 1.165) is 29.7 Å². The molecule has 0 bridgehead atoms. The number of aryl methyl sites for hydroxylation is 1. The second-order valence-corrected chi connectivity index (χ2v) is 9.30. The normalized spacial score (nSPS) is 13.5. The number of thioether (sulfide) groups is 1. The summed E-state index contributed by atoms with van der Waals surface area (Å²) in [6, 6.07) is 15.1. The molecule has 0 unspecified atom stereocenters. The molecule has 29 heavy (non-hydrogen) atoms. The highest BCUT2D eigenvalue weighted by Gasteiger charge is 2.22. The van der Waals surface area contributed by atoms with Gasteiger partial charge in [-0.2, -0.15) is 0 Å². The highest BCUT2D eigenvalue weighted by Crippen LogP contribution is 2.37. The SMILES string of the molecule is C=CCn1c(SCc2cccc3ccccc23)nnc1-c1csc2c1CCCC2. The summed E-state index contributed by atoms with van der Waals surface area (Å²) in [5, 5.41) is 15.0. The molecule has 0 radical (unpaired) electrons. The van der Waals surface area contributed by atoms with Crippen LogP contribution in [0.2, 0.25) is 0 Å². The van der Waals surface area contributed by atoms with E-state index in [4.69, 9.17) is 0 Å². The van der Waals surface area contributed by atoms with Crippen LogP contribution in [0.3, 0.4) is 0 Å². The maximum absolute atomic E-state index is 4.61. The van der Waals surface area contributed by atoms with Crippen molar-refractivity contribution in [2.75, 3.05) is 0 Å². The Labute approximate surface area is 179 Å². The predicted molar refractivity (Wildman–Crippen MR) is 124 cm³/mol. The van der Waals surface area contributed by atoms with Crippen LogP contribution in [0.4, 0.5) is 0 Å². The summed E-state index contributed by atoms with van der Waals surface area (Å²) in [7, 11) is 0. The number of allylic oxidation sites excluding steroid dienone is 1. The van der Waals surface area contributed by atoms with Crippen LogP contribution in [0.5, 0.6) is 0 Å². The van der Waals surface area contributed by atoms with Crippen molar-refractivity contribution in [1.29, 1.82) is 0 Å². The molecule has 0 aliphatic heterocycles. The van der Waals surface area contributed by atoms with Crippen molar-refractivity contribution >= 4 is 33.9 Å². The number of hydrogen-bond donors (Lipinski definition) is 0. The molecule has 0 spiro atoms. The zero-order valence-electron chi connectivity index (χ0n) is 16.3. The first kappa shape index (κ1) is 18.6. The minimum Gasteiger partial charge on any atom is -0.298 e. The van der Waals surface area contributed by atoms with Gasteiger partial charge in [-0.3, -0.25) is 4.57 Å². The quantitative estimate of drug-likeness (QED) is 0.264. The van der Waals surface area contributed by atoms with Crippen LogP contribution in [0.15, 0.2) is 65.7 Å². The second-order valence-electron chi connectivity index (χ2n) is 7.39. The van der Waals surface area contributed by atoms with Crippen molar-refractivity contribution in [3.05, 3.63) is 76.5 Å². The molecular weight excluding hydrogens is 394 g/mol. The van der Waals surface area contributed by atoms with Crippen molar-refractivity contribution in [2.24, 2.45) is 0 Å². The van der Waals surface area contributed by atoms with Gasteiger partial charge in [-0.05, 0) is 47.6 Å². The Hall–Kier alpha value is -2.37. The molecule has 3 nitrogen and oxygen atoms in total. The molecule has 5 heteroatoms. The Balaban J connectivity index is 1.47. The molecule has 5 rings (SSSR count). The Bertz CT molecular complexity index is 1170. The highest BCUT2D eigenvalue weighted by molar-refractivity contribution is 7.98. The Morgan fingerprint density at radius 3 is 2.86 bits per heavy atom. The fourth-order valence-electron chi connectivity index (χ4n) is 4.13. The van der Waals surface area contributed by atoms with E-state index in [1.54, 1.807) is 11.8 Å². The largest absolute Gasteiger partial charge is 0.298 e. The van der Waals surface area contributed by atoms with Crippen LogP contribution in [-0.2, 0) is 25.1 Å². The molecule has 0 saturated carbocycles. The summed E-state index contributed by atoms with van der Waals surface area (Å²) >= 11 is 3.64. The van der Waals surface area contributed by atoms with Crippen LogP contribution in [0.1, 0.15) is 28.8 Å². The van der Waals surface area contributed by atoms with Gasteiger partial charge in [0.1, 0.15) is 0 Å². The first-order chi connectivity index (χ1) is 14.3. The molecule has 0 fully saturated rings. The Morgan fingerprint density at radius 1 is 1.07 bits per heavy atom. The van der Waals surface area contributed by atoms with Gasteiger partial charge < -0.3 is 0 Å². The average molecular weight is 418 g/mol. The summed E-state index contributed by atoms with van der Waals surface area (Å²) in [6.45, 7) is 4.69. The van der Waals surface area contributed by atoms with Gasteiger partial charge in [-0.15, -0.1) is 28.1 Å². The van der Waals surface area contributed by atoms with Crippen molar-refractivity contribution in [3.8, 4) is 11.4 Å². The summed E-state index contributed by atoms with van der Waals surface area (Å²) in [5.41, 5.74) is 4.09. The summed E-state index contributed by atoms with van der Waals surface area (Å²) < 4.78 is 2.22. The van der Waals surface area contributed by atoms with E-state index < -0.39 is 0 Å². The minimum atomic E-state index is 0.727. The van der Waals surface area contributed by atoms with Gasteiger partial charge >= 0.3 is 0 Å². The van der Waals surface area contributed by atoms with Crippen LogP contribution in [-0.4, -0.2) is 14.8 Å². The van der Waals surface area contributed by atoms with Crippen molar-refractivity contribution < 1.29 is 0 Å². The van der Waals surface area contributed by atoms with E-state index in [9.17, 15) is 0 Å². The number of nitrogens with zero attached hydrogens (tertiary/aromatic N) is 3. The average Bonchev–Trinajstić information content (AvgIpc) is 3.36. The van der Waals surface area contributed by atoms with Gasteiger partial charge in [0.15, 0.2) is 11.0 Å². The van der Waals surface area contributed by atoms with Gasteiger partial charge in [0, 0.05) is 28.1 Å². The van der Waals surface area contributed by atoms with Crippen molar-refractivity contribution in [1.82, 2.24) is 14.8 Å². The molecule has 0 amide bonds. The first-order valence-corrected chi connectivity index (χ1v) is 11.9. The molecule has 1 aliphatic rings.